The lowest BCUT2D eigenvalue weighted by Crippen LogP contribution is -2.33. The van der Waals surface area contributed by atoms with Crippen molar-refractivity contribution in [1.82, 2.24) is 5.32 Å². The highest BCUT2D eigenvalue weighted by Crippen LogP contribution is 2.32. The highest BCUT2D eigenvalue weighted by Gasteiger charge is 2.30. The molecule has 0 radical (unpaired) electrons. The summed E-state index contributed by atoms with van der Waals surface area (Å²) in [6.07, 6.45) is 2.43. The Morgan fingerprint density at radius 2 is 2.16 bits per heavy atom. The Labute approximate surface area is 123 Å². The van der Waals surface area contributed by atoms with E-state index in [4.69, 9.17) is 5.26 Å². The Morgan fingerprint density at radius 3 is 2.63 bits per heavy atom. The van der Waals surface area contributed by atoms with Crippen LogP contribution in [0.15, 0.2) is 22.7 Å². The molecule has 2 rings (SSSR count). The van der Waals surface area contributed by atoms with Crippen molar-refractivity contribution in [3.8, 4) is 6.07 Å². The zero-order valence-corrected chi connectivity index (χ0v) is 13.1. The van der Waals surface area contributed by atoms with E-state index in [0.29, 0.717) is 18.0 Å². The van der Waals surface area contributed by atoms with Crippen LogP contribution in [0.2, 0.25) is 0 Å². The predicted molar refractivity (Wildman–Crippen MR) is 80.6 cm³/mol. The van der Waals surface area contributed by atoms with E-state index in [1.807, 2.05) is 32.0 Å². The highest BCUT2D eigenvalue weighted by atomic mass is 79.9. The topological polar surface area (TPSA) is 56.0 Å². The molecule has 1 aliphatic rings. The molecule has 0 bridgehead atoms. The second kappa shape index (κ2) is 8.31. The zero-order chi connectivity index (χ0) is 14.3. The van der Waals surface area contributed by atoms with Crippen LogP contribution in [0.25, 0.3) is 0 Å². The normalized spacial score (nSPS) is 15.1. The molecule has 0 spiro atoms. The summed E-state index contributed by atoms with van der Waals surface area (Å²) in [6, 6.07) is 7.89. The van der Waals surface area contributed by atoms with Crippen LogP contribution in [0.4, 0.5) is 0 Å². The van der Waals surface area contributed by atoms with Crippen LogP contribution in [0.1, 0.15) is 37.8 Å². The van der Waals surface area contributed by atoms with Crippen molar-refractivity contribution >= 4 is 15.9 Å². The maximum Gasteiger partial charge on any atom is 0.0992 e. The number of aliphatic hydroxyl groups excluding tert-OH is 1. The lowest BCUT2D eigenvalue weighted by molar-refractivity contribution is 0.227. The van der Waals surface area contributed by atoms with Crippen molar-refractivity contribution in [2.45, 2.75) is 39.3 Å². The summed E-state index contributed by atoms with van der Waals surface area (Å²) in [7, 11) is 0. The Kier molecular flexibility index (Phi) is 7.07. The van der Waals surface area contributed by atoms with Crippen LogP contribution in [0, 0.1) is 17.2 Å². The Hall–Kier alpha value is -0.890. The van der Waals surface area contributed by atoms with E-state index in [9.17, 15) is 5.11 Å². The first-order valence-corrected chi connectivity index (χ1v) is 7.56. The first-order chi connectivity index (χ1) is 9.24. The minimum Gasteiger partial charge on any atom is -0.395 e. The molecule has 1 fully saturated rings. The quantitative estimate of drug-likeness (QED) is 0.874. The van der Waals surface area contributed by atoms with Gasteiger partial charge in [0.25, 0.3) is 0 Å². The standard InChI is InChI=1S/C13H15BrN2O.C2H6/c14-12-5-9(6-15)1-2-11(12)7-16-13(8-17)10-3-4-10;1-2/h1-2,5,10,13,16-17H,3-4,7-8H2;1-2H3. The van der Waals surface area contributed by atoms with E-state index < -0.39 is 0 Å². The van der Waals surface area contributed by atoms with E-state index in [1.54, 1.807) is 0 Å². The zero-order valence-electron chi connectivity index (χ0n) is 11.5. The fraction of sp³-hybridized carbons (Fsp3) is 0.533. The summed E-state index contributed by atoms with van der Waals surface area (Å²) in [4.78, 5) is 0. The van der Waals surface area contributed by atoms with Crippen molar-refractivity contribution in [2.75, 3.05) is 6.61 Å². The summed E-state index contributed by atoms with van der Waals surface area (Å²) < 4.78 is 0.941. The second-order valence-corrected chi connectivity index (χ2v) is 5.28. The predicted octanol–water partition coefficient (Wildman–Crippen LogP) is 3.21. The number of nitrogens with zero attached hydrogens (tertiary/aromatic N) is 1. The third kappa shape index (κ3) is 4.94. The average molecular weight is 325 g/mol. The van der Waals surface area contributed by atoms with Gasteiger partial charge in [-0.2, -0.15) is 5.26 Å². The summed E-state index contributed by atoms with van der Waals surface area (Å²) in [5.74, 6) is 0.636. The van der Waals surface area contributed by atoms with E-state index in [0.717, 1.165) is 10.0 Å². The van der Waals surface area contributed by atoms with Gasteiger partial charge in [-0.25, -0.2) is 0 Å². The van der Waals surface area contributed by atoms with Gasteiger partial charge in [0.05, 0.1) is 18.2 Å². The van der Waals surface area contributed by atoms with Gasteiger partial charge < -0.3 is 10.4 Å². The van der Waals surface area contributed by atoms with E-state index >= 15 is 0 Å². The van der Waals surface area contributed by atoms with Crippen molar-refractivity contribution in [1.29, 1.82) is 5.26 Å². The van der Waals surface area contributed by atoms with Gasteiger partial charge in [0.15, 0.2) is 0 Å². The van der Waals surface area contributed by atoms with Gasteiger partial charge >= 0.3 is 0 Å². The fourth-order valence-electron chi connectivity index (χ4n) is 1.88. The summed E-state index contributed by atoms with van der Waals surface area (Å²) >= 11 is 3.46. The highest BCUT2D eigenvalue weighted by molar-refractivity contribution is 9.10. The maximum absolute atomic E-state index is 9.25. The van der Waals surface area contributed by atoms with Gasteiger partial charge in [0.1, 0.15) is 0 Å². The maximum atomic E-state index is 9.25. The summed E-state index contributed by atoms with van der Waals surface area (Å²) in [5.41, 5.74) is 1.77. The van der Waals surface area contributed by atoms with Crippen LogP contribution in [0.5, 0.6) is 0 Å². The van der Waals surface area contributed by atoms with E-state index in [2.05, 4.69) is 27.3 Å². The molecule has 1 aliphatic carbocycles. The number of nitrogens with one attached hydrogen (secondary N) is 1. The van der Waals surface area contributed by atoms with E-state index in [1.165, 1.54) is 12.8 Å². The minimum absolute atomic E-state index is 0.193. The molecule has 0 amide bonds. The number of hydrogen-bond acceptors (Lipinski definition) is 3. The van der Waals surface area contributed by atoms with Gasteiger partial charge in [-0.1, -0.05) is 35.8 Å². The van der Waals surface area contributed by atoms with Crippen molar-refractivity contribution in [3.05, 3.63) is 33.8 Å². The number of benzene rings is 1. The molecule has 4 heteroatoms. The molecule has 0 aromatic heterocycles. The Bertz CT molecular complexity index is 438. The van der Waals surface area contributed by atoms with Crippen molar-refractivity contribution in [3.63, 3.8) is 0 Å². The molecule has 1 saturated carbocycles. The summed E-state index contributed by atoms with van der Waals surface area (Å²) in [5, 5.41) is 21.4. The molecular weight excluding hydrogens is 304 g/mol. The first kappa shape index (κ1) is 16.2. The number of nitriles is 1. The van der Waals surface area contributed by atoms with Crippen LogP contribution < -0.4 is 5.32 Å². The van der Waals surface area contributed by atoms with Crippen LogP contribution in [0.3, 0.4) is 0 Å². The SMILES string of the molecule is CC.N#Cc1ccc(CNC(CO)C2CC2)c(Br)c1. The molecule has 19 heavy (non-hydrogen) atoms. The average Bonchev–Trinajstić information content (AvgIpc) is 3.28. The number of hydrogen-bond donors (Lipinski definition) is 2. The fourth-order valence-corrected chi connectivity index (χ4v) is 2.40. The van der Waals surface area contributed by atoms with Crippen LogP contribution in [-0.4, -0.2) is 17.8 Å². The number of halogens is 1. The minimum atomic E-state index is 0.193. The molecule has 1 unspecified atom stereocenters. The van der Waals surface area contributed by atoms with Crippen LogP contribution >= 0.6 is 15.9 Å². The first-order valence-electron chi connectivity index (χ1n) is 6.77. The lowest BCUT2D eigenvalue weighted by Gasteiger charge is -2.16. The molecule has 1 aromatic carbocycles. The Balaban J connectivity index is 0.000000861. The third-order valence-corrected chi connectivity index (χ3v) is 3.86. The van der Waals surface area contributed by atoms with E-state index in [-0.39, 0.29) is 12.6 Å². The molecule has 104 valence electrons. The molecule has 0 saturated heterocycles. The lowest BCUT2D eigenvalue weighted by atomic mass is 10.1. The number of rotatable bonds is 5. The monoisotopic (exact) mass is 324 g/mol. The molecule has 1 aromatic rings. The molecule has 0 aliphatic heterocycles. The van der Waals surface area contributed by atoms with Crippen molar-refractivity contribution in [2.24, 2.45) is 5.92 Å². The largest absolute Gasteiger partial charge is 0.395 e. The van der Waals surface area contributed by atoms with Gasteiger partial charge in [-0.15, -0.1) is 0 Å². The van der Waals surface area contributed by atoms with Crippen LogP contribution in [-0.2, 0) is 6.54 Å². The molecular formula is C15H21BrN2O. The molecule has 1 atom stereocenters. The molecule has 0 heterocycles. The second-order valence-electron chi connectivity index (χ2n) is 4.43. The van der Waals surface area contributed by atoms with Gasteiger partial charge in [0, 0.05) is 17.1 Å². The van der Waals surface area contributed by atoms with Gasteiger partial charge in [0.2, 0.25) is 0 Å². The van der Waals surface area contributed by atoms with Crippen molar-refractivity contribution < 1.29 is 5.11 Å². The van der Waals surface area contributed by atoms with Gasteiger partial charge in [-0.05, 0) is 36.5 Å². The molecule has 3 nitrogen and oxygen atoms in total. The third-order valence-electron chi connectivity index (χ3n) is 3.12. The number of aliphatic hydroxyl groups is 1. The Morgan fingerprint density at radius 1 is 1.47 bits per heavy atom. The summed E-state index contributed by atoms with van der Waals surface area (Å²) in [6.45, 7) is 4.91. The molecule has 2 N–H and O–H groups in total. The smallest absolute Gasteiger partial charge is 0.0992 e. The van der Waals surface area contributed by atoms with Gasteiger partial charge in [-0.3, -0.25) is 0 Å².